The highest BCUT2D eigenvalue weighted by atomic mass is 16.5. The van der Waals surface area contributed by atoms with Crippen molar-refractivity contribution < 1.29 is 28.9 Å². The number of aromatic nitrogens is 2. The number of carbonyl (C=O) groups excluding carboxylic acids is 2. The molecule has 3 N–H and O–H groups in total. The van der Waals surface area contributed by atoms with E-state index in [1.807, 2.05) is 37.3 Å². The number of rotatable bonds is 10. The molecule has 1 aliphatic rings. The van der Waals surface area contributed by atoms with E-state index in [1.165, 1.54) is 7.11 Å². The van der Waals surface area contributed by atoms with Crippen LogP contribution in [0.1, 0.15) is 29.4 Å². The first-order valence-electron chi connectivity index (χ1n) is 11.6. The number of nitrogens with zero attached hydrogens (tertiary/aromatic N) is 2. The number of aryl methyl sites for hydroxylation is 1. The maximum Gasteiger partial charge on any atom is 0.356 e. The van der Waals surface area contributed by atoms with Crippen LogP contribution in [0.15, 0.2) is 36.5 Å². The predicted octanol–water partition coefficient (Wildman–Crippen LogP) is 2.80. The molecule has 0 spiro atoms. The molecule has 1 unspecified atom stereocenters. The zero-order valence-electron chi connectivity index (χ0n) is 19.9. The molecule has 0 bridgehead atoms. The van der Waals surface area contributed by atoms with Gasteiger partial charge in [0.2, 0.25) is 5.91 Å². The van der Waals surface area contributed by atoms with E-state index in [2.05, 4.69) is 15.6 Å². The number of benzene rings is 1. The summed E-state index contributed by atoms with van der Waals surface area (Å²) >= 11 is 0. The van der Waals surface area contributed by atoms with Gasteiger partial charge in [-0.2, -0.15) is 0 Å². The Kier molecular flexibility index (Phi) is 7.84. The van der Waals surface area contributed by atoms with E-state index in [4.69, 9.17) is 19.3 Å². The minimum atomic E-state index is -0.544. The number of aliphatic hydroxyl groups is 1. The van der Waals surface area contributed by atoms with Crippen LogP contribution in [0.25, 0.3) is 11.0 Å². The number of amides is 1. The van der Waals surface area contributed by atoms with Gasteiger partial charge in [-0.25, -0.2) is 9.78 Å². The van der Waals surface area contributed by atoms with Crippen LogP contribution in [-0.2, 0) is 27.4 Å². The van der Waals surface area contributed by atoms with Crippen LogP contribution in [-0.4, -0.2) is 60.1 Å². The summed E-state index contributed by atoms with van der Waals surface area (Å²) < 4.78 is 17.6. The molecule has 0 aliphatic carbocycles. The Labute approximate surface area is 203 Å². The molecular formula is C25H30N4O6. The minimum Gasteiger partial charge on any atom is -0.491 e. The lowest BCUT2D eigenvalue weighted by molar-refractivity contribution is -0.119. The van der Waals surface area contributed by atoms with Crippen molar-refractivity contribution in [2.75, 3.05) is 44.2 Å². The molecule has 4 rings (SSSR count). The van der Waals surface area contributed by atoms with Crippen molar-refractivity contribution in [3.63, 3.8) is 0 Å². The molecule has 2 aromatic heterocycles. The second-order valence-corrected chi connectivity index (χ2v) is 8.18. The molecule has 3 aromatic rings. The van der Waals surface area contributed by atoms with Crippen LogP contribution < -0.4 is 15.4 Å². The first-order valence-corrected chi connectivity index (χ1v) is 11.6. The fraction of sp³-hybridized carbons (Fsp3) is 0.400. The molecule has 1 atom stereocenters. The first-order chi connectivity index (χ1) is 17.0. The Morgan fingerprint density at radius 1 is 1.31 bits per heavy atom. The number of methoxy groups -OCH3 is 1. The van der Waals surface area contributed by atoms with Gasteiger partial charge < -0.3 is 34.5 Å². The third kappa shape index (κ3) is 5.39. The predicted molar refractivity (Wildman–Crippen MR) is 131 cm³/mol. The molecule has 1 fully saturated rings. The van der Waals surface area contributed by atoms with Crippen molar-refractivity contribution in [1.82, 2.24) is 9.55 Å². The summed E-state index contributed by atoms with van der Waals surface area (Å²) in [7, 11) is 1.31. The minimum absolute atomic E-state index is 0.0498. The van der Waals surface area contributed by atoms with Gasteiger partial charge in [-0.15, -0.1) is 0 Å². The molecule has 0 radical (unpaired) electrons. The number of aliphatic hydroxyl groups excluding tert-OH is 1. The average molecular weight is 483 g/mol. The Bertz CT molecular complexity index is 1200. The Morgan fingerprint density at radius 2 is 2.17 bits per heavy atom. The second kappa shape index (κ2) is 11.2. The van der Waals surface area contributed by atoms with E-state index in [0.717, 1.165) is 11.3 Å². The monoisotopic (exact) mass is 482 g/mol. The van der Waals surface area contributed by atoms with Gasteiger partial charge in [-0.3, -0.25) is 4.79 Å². The van der Waals surface area contributed by atoms with Gasteiger partial charge in [0.05, 0.1) is 43.8 Å². The molecule has 3 heterocycles. The molecule has 1 aliphatic heterocycles. The second-order valence-electron chi connectivity index (χ2n) is 8.18. The lowest BCUT2D eigenvalue weighted by atomic mass is 10.1. The summed E-state index contributed by atoms with van der Waals surface area (Å²) in [4.78, 5) is 30.2. The number of pyridine rings is 1. The number of anilines is 2. The van der Waals surface area contributed by atoms with Crippen LogP contribution in [0.5, 0.6) is 5.75 Å². The van der Waals surface area contributed by atoms with Crippen molar-refractivity contribution >= 4 is 34.3 Å². The fourth-order valence-corrected chi connectivity index (χ4v) is 4.14. The number of fused-ring (bicyclic) bond motifs is 1. The van der Waals surface area contributed by atoms with Crippen LogP contribution in [0.4, 0.5) is 11.4 Å². The van der Waals surface area contributed by atoms with E-state index in [0.29, 0.717) is 55.2 Å². The fourth-order valence-electron chi connectivity index (χ4n) is 4.14. The highest BCUT2D eigenvalue weighted by Gasteiger charge is 2.29. The van der Waals surface area contributed by atoms with E-state index in [-0.39, 0.29) is 30.7 Å². The summed E-state index contributed by atoms with van der Waals surface area (Å²) in [5.74, 6) is -0.330. The van der Waals surface area contributed by atoms with Crippen LogP contribution in [0, 0.1) is 5.92 Å². The van der Waals surface area contributed by atoms with Gasteiger partial charge in [0, 0.05) is 25.1 Å². The van der Waals surface area contributed by atoms with Crippen LogP contribution >= 0.6 is 0 Å². The molecule has 35 heavy (non-hydrogen) atoms. The maximum atomic E-state index is 12.9. The van der Waals surface area contributed by atoms with Crippen molar-refractivity contribution in [3.05, 3.63) is 47.8 Å². The summed E-state index contributed by atoms with van der Waals surface area (Å²) in [5.41, 5.74) is 2.94. The quantitative estimate of drug-likeness (QED) is 0.377. The summed E-state index contributed by atoms with van der Waals surface area (Å²) in [6.07, 6.45) is 2.33. The molecule has 10 heteroatoms. The first kappa shape index (κ1) is 24.5. The summed E-state index contributed by atoms with van der Waals surface area (Å²) in [5, 5.41) is 15.9. The van der Waals surface area contributed by atoms with E-state index in [1.54, 1.807) is 10.8 Å². The smallest absolute Gasteiger partial charge is 0.356 e. The third-order valence-electron chi connectivity index (χ3n) is 5.90. The molecule has 0 saturated carbocycles. The van der Waals surface area contributed by atoms with Crippen molar-refractivity contribution in [2.45, 2.75) is 26.4 Å². The van der Waals surface area contributed by atoms with Gasteiger partial charge in [-0.05, 0) is 37.1 Å². The van der Waals surface area contributed by atoms with E-state index in [9.17, 15) is 9.59 Å². The van der Waals surface area contributed by atoms with Gasteiger partial charge in [0.25, 0.3) is 0 Å². The van der Waals surface area contributed by atoms with Crippen molar-refractivity contribution in [1.29, 1.82) is 0 Å². The normalized spacial score (nSPS) is 15.2. The van der Waals surface area contributed by atoms with E-state index >= 15 is 0 Å². The lowest BCUT2D eigenvalue weighted by Gasteiger charge is -2.11. The topological polar surface area (TPSA) is 124 Å². The van der Waals surface area contributed by atoms with E-state index < -0.39 is 5.97 Å². The standard InChI is InChI=1S/C25H30N4O6/c1-3-29-22(25(32)33-2)21(28-24(31)17-7-9-34-15-17)20-12-18(14-27-23(20)29)26-13-16-5-4-6-19(11-16)35-10-8-30/h4-6,11-12,14,17,26,30H,3,7-10,13,15H2,1-2H3,(H,28,31). The number of hydrogen-bond donors (Lipinski definition) is 3. The molecular weight excluding hydrogens is 452 g/mol. The van der Waals surface area contributed by atoms with Crippen molar-refractivity contribution in [3.8, 4) is 5.75 Å². The van der Waals surface area contributed by atoms with Gasteiger partial charge in [-0.1, -0.05) is 12.1 Å². The number of nitrogens with one attached hydrogen (secondary N) is 2. The van der Waals surface area contributed by atoms with Gasteiger partial charge >= 0.3 is 5.97 Å². The molecule has 10 nitrogen and oxygen atoms in total. The SMILES string of the molecule is CCn1c(C(=O)OC)c(NC(=O)C2CCOC2)c2cc(NCc3cccc(OCCO)c3)cnc21. The number of ether oxygens (including phenoxy) is 3. The van der Waals surface area contributed by atoms with Crippen LogP contribution in [0.3, 0.4) is 0 Å². The molecule has 1 aromatic carbocycles. The van der Waals surface area contributed by atoms with Crippen molar-refractivity contribution in [2.24, 2.45) is 5.92 Å². The molecule has 1 saturated heterocycles. The van der Waals surface area contributed by atoms with Gasteiger partial charge in [0.15, 0.2) is 5.69 Å². The Hall–Kier alpha value is -3.63. The number of carbonyl (C=O) groups is 2. The summed E-state index contributed by atoms with van der Waals surface area (Å²) in [6.45, 7) is 3.97. The zero-order chi connectivity index (χ0) is 24.8. The Balaban J connectivity index is 1.64. The largest absolute Gasteiger partial charge is 0.491 e. The average Bonchev–Trinajstić information content (AvgIpc) is 3.53. The molecule has 186 valence electrons. The number of esters is 1. The van der Waals surface area contributed by atoms with Crippen LogP contribution in [0.2, 0.25) is 0 Å². The highest BCUT2D eigenvalue weighted by molar-refractivity contribution is 6.11. The maximum absolute atomic E-state index is 12.9. The highest BCUT2D eigenvalue weighted by Crippen LogP contribution is 2.33. The Morgan fingerprint density at radius 3 is 2.89 bits per heavy atom. The molecule has 1 amide bonds. The number of hydrogen-bond acceptors (Lipinski definition) is 8. The third-order valence-corrected chi connectivity index (χ3v) is 5.90. The lowest BCUT2D eigenvalue weighted by Crippen LogP contribution is -2.24. The summed E-state index contributed by atoms with van der Waals surface area (Å²) in [6, 6.07) is 9.44. The van der Waals surface area contributed by atoms with Gasteiger partial charge in [0.1, 0.15) is 18.0 Å². The zero-order valence-corrected chi connectivity index (χ0v) is 19.9.